The lowest BCUT2D eigenvalue weighted by atomic mass is 9.93. The highest BCUT2D eigenvalue weighted by Gasteiger charge is 2.20. The molecule has 0 bridgehead atoms. The van der Waals surface area contributed by atoms with Crippen molar-refractivity contribution in [3.8, 4) is 0 Å². The summed E-state index contributed by atoms with van der Waals surface area (Å²) in [6.45, 7) is 1.99. The molecule has 0 saturated carbocycles. The molecular formula is C20H16O. The summed E-state index contributed by atoms with van der Waals surface area (Å²) in [4.78, 5) is 12.9. The van der Waals surface area contributed by atoms with E-state index in [0.29, 0.717) is 0 Å². The highest BCUT2D eigenvalue weighted by atomic mass is 16.1. The summed E-state index contributed by atoms with van der Waals surface area (Å²) in [5, 5.41) is 2.41. The summed E-state index contributed by atoms with van der Waals surface area (Å²) < 4.78 is 0. The maximum Gasteiger partial charge on any atom is 0.193 e. The van der Waals surface area contributed by atoms with Crippen molar-refractivity contribution in [1.82, 2.24) is 0 Å². The summed E-state index contributed by atoms with van der Waals surface area (Å²) in [6.07, 6.45) is 2.18. The summed E-state index contributed by atoms with van der Waals surface area (Å²) in [5.74, 6) is 0.128. The van der Waals surface area contributed by atoms with E-state index in [1.165, 1.54) is 16.5 Å². The first-order chi connectivity index (χ1) is 10.3. The van der Waals surface area contributed by atoms with Crippen LogP contribution in [0.4, 0.5) is 0 Å². The van der Waals surface area contributed by atoms with Crippen molar-refractivity contribution in [2.45, 2.75) is 19.8 Å². The fourth-order valence-corrected chi connectivity index (χ4v) is 3.42. The molecule has 4 rings (SSSR count). The Kier molecular flexibility index (Phi) is 2.68. The maximum absolute atomic E-state index is 12.9. The van der Waals surface area contributed by atoms with Gasteiger partial charge in [-0.15, -0.1) is 0 Å². The molecule has 0 aromatic heterocycles. The van der Waals surface area contributed by atoms with Crippen molar-refractivity contribution in [3.05, 3.63) is 82.4 Å². The van der Waals surface area contributed by atoms with E-state index in [9.17, 15) is 4.79 Å². The lowest BCUT2D eigenvalue weighted by molar-refractivity contribution is 0.103. The average molecular weight is 272 g/mol. The normalized spacial score (nSPS) is 12.8. The Morgan fingerprint density at radius 3 is 2.38 bits per heavy atom. The molecule has 0 spiro atoms. The minimum atomic E-state index is 0.128. The molecule has 0 fully saturated rings. The van der Waals surface area contributed by atoms with Crippen LogP contribution < -0.4 is 0 Å². The van der Waals surface area contributed by atoms with Crippen LogP contribution in [0.1, 0.15) is 32.6 Å². The quantitative estimate of drug-likeness (QED) is 0.629. The van der Waals surface area contributed by atoms with Crippen molar-refractivity contribution in [3.63, 3.8) is 0 Å². The Hall–Kier alpha value is -2.41. The number of carbonyl (C=O) groups excluding carboxylic acids is 1. The van der Waals surface area contributed by atoms with Crippen LogP contribution in [0.2, 0.25) is 0 Å². The van der Waals surface area contributed by atoms with E-state index in [0.717, 1.165) is 34.9 Å². The Bertz CT molecular complexity index is 864. The molecule has 0 aliphatic heterocycles. The molecule has 1 heteroatoms. The second-order valence-corrected chi connectivity index (χ2v) is 5.76. The highest BCUT2D eigenvalue weighted by Crippen LogP contribution is 2.33. The van der Waals surface area contributed by atoms with E-state index in [1.54, 1.807) is 0 Å². The maximum atomic E-state index is 12.9. The van der Waals surface area contributed by atoms with Crippen molar-refractivity contribution in [2.24, 2.45) is 0 Å². The van der Waals surface area contributed by atoms with E-state index in [2.05, 4.69) is 24.3 Å². The Labute approximate surface area is 124 Å². The van der Waals surface area contributed by atoms with E-state index < -0.39 is 0 Å². The van der Waals surface area contributed by atoms with Gasteiger partial charge in [0.05, 0.1) is 0 Å². The zero-order valence-electron chi connectivity index (χ0n) is 12.0. The molecular weight excluding hydrogens is 256 g/mol. The molecule has 1 nitrogen and oxygen atoms in total. The molecule has 0 amide bonds. The minimum absolute atomic E-state index is 0.128. The molecule has 0 N–H and O–H groups in total. The third kappa shape index (κ3) is 1.81. The predicted octanol–water partition coefficient (Wildman–Crippen LogP) is 4.48. The van der Waals surface area contributed by atoms with Gasteiger partial charge < -0.3 is 0 Å². The number of aryl methyl sites for hydroxylation is 3. The van der Waals surface area contributed by atoms with Gasteiger partial charge >= 0.3 is 0 Å². The number of hydrogen-bond acceptors (Lipinski definition) is 1. The van der Waals surface area contributed by atoms with Crippen LogP contribution in [-0.4, -0.2) is 5.78 Å². The molecule has 0 saturated heterocycles. The monoisotopic (exact) mass is 272 g/mol. The predicted molar refractivity (Wildman–Crippen MR) is 86.0 cm³/mol. The summed E-state index contributed by atoms with van der Waals surface area (Å²) in [7, 11) is 0. The smallest absolute Gasteiger partial charge is 0.193 e. The van der Waals surface area contributed by atoms with E-state index >= 15 is 0 Å². The van der Waals surface area contributed by atoms with Gasteiger partial charge in [0, 0.05) is 11.1 Å². The van der Waals surface area contributed by atoms with Crippen LogP contribution in [-0.2, 0) is 12.8 Å². The average Bonchev–Trinajstić information content (AvgIpc) is 2.93. The van der Waals surface area contributed by atoms with Gasteiger partial charge in [0.15, 0.2) is 5.78 Å². The van der Waals surface area contributed by atoms with Crippen molar-refractivity contribution in [2.75, 3.05) is 0 Å². The van der Waals surface area contributed by atoms with E-state index in [-0.39, 0.29) is 5.78 Å². The molecule has 0 atom stereocenters. The second kappa shape index (κ2) is 4.56. The molecule has 3 aromatic rings. The third-order valence-corrected chi connectivity index (χ3v) is 4.51. The Morgan fingerprint density at radius 2 is 1.57 bits per heavy atom. The summed E-state index contributed by atoms with van der Waals surface area (Å²) >= 11 is 0. The van der Waals surface area contributed by atoms with E-state index in [1.807, 2.05) is 37.3 Å². The fourth-order valence-electron chi connectivity index (χ4n) is 3.42. The number of carbonyl (C=O) groups is 1. The van der Waals surface area contributed by atoms with Gasteiger partial charge in [0.1, 0.15) is 0 Å². The van der Waals surface area contributed by atoms with Gasteiger partial charge in [-0.2, -0.15) is 0 Å². The highest BCUT2D eigenvalue weighted by molar-refractivity contribution is 6.18. The third-order valence-electron chi connectivity index (χ3n) is 4.51. The SMILES string of the molecule is Cc1ccccc1C(=O)c1ccc2c3c(cccc13)CC2. The van der Waals surface area contributed by atoms with Crippen LogP contribution in [0.5, 0.6) is 0 Å². The summed E-state index contributed by atoms with van der Waals surface area (Å²) in [6, 6.07) is 18.3. The first kappa shape index (κ1) is 12.3. The first-order valence-corrected chi connectivity index (χ1v) is 7.39. The molecule has 0 heterocycles. The van der Waals surface area contributed by atoms with Gasteiger partial charge in [-0.05, 0) is 47.2 Å². The molecule has 1 aliphatic rings. The van der Waals surface area contributed by atoms with Gasteiger partial charge in [-0.25, -0.2) is 0 Å². The van der Waals surface area contributed by atoms with Crippen LogP contribution in [0.15, 0.2) is 54.6 Å². The largest absolute Gasteiger partial charge is 0.289 e. The van der Waals surface area contributed by atoms with Crippen molar-refractivity contribution in [1.29, 1.82) is 0 Å². The van der Waals surface area contributed by atoms with Gasteiger partial charge in [-0.1, -0.05) is 54.6 Å². The van der Waals surface area contributed by atoms with Gasteiger partial charge in [-0.3, -0.25) is 4.79 Å². The van der Waals surface area contributed by atoms with Crippen molar-refractivity contribution < 1.29 is 4.79 Å². The van der Waals surface area contributed by atoms with Crippen LogP contribution in [0.3, 0.4) is 0 Å². The van der Waals surface area contributed by atoms with Gasteiger partial charge in [0.2, 0.25) is 0 Å². The lowest BCUT2D eigenvalue weighted by Crippen LogP contribution is -2.04. The van der Waals surface area contributed by atoms with Crippen LogP contribution >= 0.6 is 0 Å². The summed E-state index contributed by atoms with van der Waals surface area (Å²) in [5.41, 5.74) is 5.41. The zero-order chi connectivity index (χ0) is 14.4. The lowest BCUT2D eigenvalue weighted by Gasteiger charge is -2.10. The molecule has 102 valence electrons. The Balaban J connectivity index is 1.97. The molecule has 0 radical (unpaired) electrons. The minimum Gasteiger partial charge on any atom is -0.289 e. The molecule has 0 unspecified atom stereocenters. The zero-order valence-corrected chi connectivity index (χ0v) is 12.0. The number of rotatable bonds is 2. The van der Waals surface area contributed by atoms with Crippen molar-refractivity contribution >= 4 is 16.6 Å². The van der Waals surface area contributed by atoms with Crippen LogP contribution in [0, 0.1) is 6.92 Å². The number of ketones is 1. The molecule has 21 heavy (non-hydrogen) atoms. The van der Waals surface area contributed by atoms with Gasteiger partial charge in [0.25, 0.3) is 0 Å². The van der Waals surface area contributed by atoms with E-state index in [4.69, 9.17) is 0 Å². The second-order valence-electron chi connectivity index (χ2n) is 5.76. The Morgan fingerprint density at radius 1 is 0.810 bits per heavy atom. The fraction of sp³-hybridized carbons (Fsp3) is 0.150. The topological polar surface area (TPSA) is 17.1 Å². The first-order valence-electron chi connectivity index (χ1n) is 7.39. The number of hydrogen-bond donors (Lipinski definition) is 0. The molecule has 1 aliphatic carbocycles. The molecule has 3 aromatic carbocycles. The standard InChI is InChI=1S/C20H16O/c1-13-5-2-3-7-16(13)20(21)18-12-11-15-10-9-14-6-4-8-17(18)19(14)15/h2-8,11-12H,9-10H2,1H3. The number of benzene rings is 3. The van der Waals surface area contributed by atoms with Crippen LogP contribution in [0.25, 0.3) is 10.8 Å².